The van der Waals surface area contributed by atoms with Crippen molar-refractivity contribution in [2.24, 2.45) is 0 Å². The number of rotatable bonds is 5. The van der Waals surface area contributed by atoms with E-state index < -0.39 is 0 Å². The minimum atomic E-state index is -0.233. The van der Waals surface area contributed by atoms with Crippen LogP contribution in [-0.4, -0.2) is 18.4 Å². The van der Waals surface area contributed by atoms with Crippen molar-refractivity contribution in [3.05, 3.63) is 53.6 Å². The molecule has 0 aliphatic rings. The summed E-state index contributed by atoms with van der Waals surface area (Å²) in [5, 5.41) is 5.50. The largest absolute Gasteiger partial charge is 0.484 e. The molecule has 0 spiro atoms. The standard InChI is InChI=1S/C18H20N2O3/c1-12-7-8-13(2)17(9-12)20-18(22)11-23-16-6-4-5-15(10-16)19-14(3)21/h4-10H,11H2,1-3H3,(H,19,21)(H,20,22). The predicted octanol–water partition coefficient (Wildman–Crippen LogP) is 3.28. The molecule has 120 valence electrons. The zero-order valence-electron chi connectivity index (χ0n) is 13.5. The Bertz CT molecular complexity index is 726. The van der Waals surface area contributed by atoms with Crippen LogP contribution in [0.2, 0.25) is 0 Å². The molecule has 0 aromatic heterocycles. The summed E-state index contributed by atoms with van der Waals surface area (Å²) in [5.41, 5.74) is 3.49. The molecule has 0 aliphatic heterocycles. The number of benzene rings is 2. The van der Waals surface area contributed by atoms with Crippen molar-refractivity contribution in [1.82, 2.24) is 0 Å². The van der Waals surface area contributed by atoms with E-state index in [0.29, 0.717) is 11.4 Å². The van der Waals surface area contributed by atoms with Crippen LogP contribution in [0.1, 0.15) is 18.1 Å². The van der Waals surface area contributed by atoms with Crippen LogP contribution in [0.3, 0.4) is 0 Å². The van der Waals surface area contributed by atoms with E-state index in [2.05, 4.69) is 10.6 Å². The lowest BCUT2D eigenvalue weighted by molar-refractivity contribution is -0.118. The average Bonchev–Trinajstić information content (AvgIpc) is 2.49. The summed E-state index contributed by atoms with van der Waals surface area (Å²) in [6.07, 6.45) is 0. The number of amides is 2. The van der Waals surface area contributed by atoms with E-state index in [-0.39, 0.29) is 18.4 Å². The maximum absolute atomic E-state index is 12.0. The first-order chi connectivity index (χ1) is 10.9. The van der Waals surface area contributed by atoms with E-state index >= 15 is 0 Å². The van der Waals surface area contributed by atoms with Gasteiger partial charge in [0, 0.05) is 24.4 Å². The Morgan fingerprint density at radius 3 is 2.57 bits per heavy atom. The van der Waals surface area contributed by atoms with Crippen LogP contribution in [0.25, 0.3) is 0 Å². The summed E-state index contributed by atoms with van der Waals surface area (Å²) in [7, 11) is 0. The number of carbonyl (C=O) groups excluding carboxylic acids is 2. The fourth-order valence-corrected chi connectivity index (χ4v) is 2.07. The van der Waals surface area contributed by atoms with Crippen molar-refractivity contribution in [2.75, 3.05) is 17.2 Å². The molecule has 2 aromatic rings. The van der Waals surface area contributed by atoms with E-state index in [1.165, 1.54) is 6.92 Å². The second kappa shape index (κ2) is 7.45. The maximum atomic E-state index is 12.0. The van der Waals surface area contributed by atoms with Gasteiger partial charge < -0.3 is 15.4 Å². The van der Waals surface area contributed by atoms with Gasteiger partial charge in [-0.2, -0.15) is 0 Å². The van der Waals surface area contributed by atoms with Gasteiger partial charge >= 0.3 is 0 Å². The van der Waals surface area contributed by atoms with Crippen molar-refractivity contribution in [1.29, 1.82) is 0 Å². The molecule has 2 aromatic carbocycles. The monoisotopic (exact) mass is 312 g/mol. The highest BCUT2D eigenvalue weighted by Gasteiger charge is 2.07. The fourth-order valence-electron chi connectivity index (χ4n) is 2.07. The van der Waals surface area contributed by atoms with Gasteiger partial charge in [0.15, 0.2) is 6.61 Å². The van der Waals surface area contributed by atoms with E-state index in [4.69, 9.17) is 4.74 Å². The van der Waals surface area contributed by atoms with Crippen LogP contribution in [-0.2, 0) is 9.59 Å². The second-order valence-corrected chi connectivity index (χ2v) is 5.36. The first-order valence-corrected chi connectivity index (χ1v) is 7.31. The van der Waals surface area contributed by atoms with Crippen LogP contribution < -0.4 is 15.4 Å². The average molecular weight is 312 g/mol. The van der Waals surface area contributed by atoms with Crippen molar-refractivity contribution in [3.8, 4) is 5.75 Å². The van der Waals surface area contributed by atoms with Gasteiger partial charge in [-0.1, -0.05) is 18.2 Å². The third kappa shape index (κ3) is 5.14. The summed E-state index contributed by atoms with van der Waals surface area (Å²) >= 11 is 0. The summed E-state index contributed by atoms with van der Waals surface area (Å²) in [6, 6.07) is 12.8. The number of anilines is 2. The lowest BCUT2D eigenvalue weighted by atomic mass is 10.1. The molecule has 2 amide bonds. The Hall–Kier alpha value is -2.82. The van der Waals surface area contributed by atoms with Crippen molar-refractivity contribution in [2.45, 2.75) is 20.8 Å². The lowest BCUT2D eigenvalue weighted by Crippen LogP contribution is -2.20. The highest BCUT2D eigenvalue weighted by atomic mass is 16.5. The van der Waals surface area contributed by atoms with E-state index in [9.17, 15) is 9.59 Å². The van der Waals surface area contributed by atoms with Crippen LogP contribution in [0.4, 0.5) is 11.4 Å². The Labute approximate surface area is 135 Å². The third-order valence-corrected chi connectivity index (χ3v) is 3.19. The maximum Gasteiger partial charge on any atom is 0.262 e. The normalized spacial score (nSPS) is 10.0. The molecule has 0 radical (unpaired) electrons. The number of carbonyl (C=O) groups is 2. The second-order valence-electron chi connectivity index (χ2n) is 5.36. The topological polar surface area (TPSA) is 67.4 Å². The fraction of sp³-hybridized carbons (Fsp3) is 0.222. The van der Waals surface area contributed by atoms with Crippen molar-refractivity contribution >= 4 is 23.2 Å². The molecule has 23 heavy (non-hydrogen) atoms. The molecule has 0 bridgehead atoms. The first-order valence-electron chi connectivity index (χ1n) is 7.31. The molecular formula is C18H20N2O3. The number of ether oxygens (including phenoxy) is 1. The summed E-state index contributed by atoms with van der Waals surface area (Å²) in [6.45, 7) is 5.24. The Morgan fingerprint density at radius 2 is 1.83 bits per heavy atom. The van der Waals surface area contributed by atoms with Gasteiger partial charge in [0.2, 0.25) is 5.91 Å². The minimum Gasteiger partial charge on any atom is -0.484 e. The van der Waals surface area contributed by atoms with Gasteiger partial charge in [0.05, 0.1) is 0 Å². The van der Waals surface area contributed by atoms with E-state index in [1.54, 1.807) is 24.3 Å². The third-order valence-electron chi connectivity index (χ3n) is 3.19. The summed E-state index contributed by atoms with van der Waals surface area (Å²) < 4.78 is 5.47. The zero-order valence-corrected chi connectivity index (χ0v) is 13.5. The van der Waals surface area contributed by atoms with Crippen LogP contribution in [0.5, 0.6) is 5.75 Å². The predicted molar refractivity (Wildman–Crippen MR) is 90.8 cm³/mol. The minimum absolute atomic E-state index is 0.100. The quantitative estimate of drug-likeness (QED) is 0.890. The van der Waals surface area contributed by atoms with Crippen LogP contribution >= 0.6 is 0 Å². The number of hydrogen-bond acceptors (Lipinski definition) is 3. The van der Waals surface area contributed by atoms with Gasteiger partial charge in [0.25, 0.3) is 5.91 Å². The molecule has 0 aliphatic carbocycles. The van der Waals surface area contributed by atoms with Crippen LogP contribution in [0.15, 0.2) is 42.5 Å². The van der Waals surface area contributed by atoms with Gasteiger partial charge in [-0.05, 0) is 43.2 Å². The van der Waals surface area contributed by atoms with Crippen molar-refractivity contribution < 1.29 is 14.3 Å². The molecule has 5 heteroatoms. The number of nitrogens with one attached hydrogen (secondary N) is 2. The lowest BCUT2D eigenvalue weighted by Gasteiger charge is -2.11. The molecule has 0 saturated heterocycles. The van der Waals surface area contributed by atoms with Crippen molar-refractivity contribution in [3.63, 3.8) is 0 Å². The number of aryl methyl sites for hydroxylation is 2. The zero-order chi connectivity index (χ0) is 16.8. The smallest absolute Gasteiger partial charge is 0.262 e. The Balaban J connectivity index is 1.94. The molecule has 5 nitrogen and oxygen atoms in total. The van der Waals surface area contributed by atoms with Gasteiger partial charge in [-0.3, -0.25) is 9.59 Å². The summed E-state index contributed by atoms with van der Waals surface area (Å²) in [5.74, 6) is 0.130. The molecular weight excluding hydrogens is 292 g/mol. The molecule has 0 unspecified atom stereocenters. The van der Waals surface area contributed by atoms with Gasteiger partial charge in [-0.15, -0.1) is 0 Å². The Kier molecular flexibility index (Phi) is 5.36. The molecule has 0 atom stereocenters. The Morgan fingerprint density at radius 1 is 1.04 bits per heavy atom. The van der Waals surface area contributed by atoms with Gasteiger partial charge in [0.1, 0.15) is 5.75 Å². The van der Waals surface area contributed by atoms with Gasteiger partial charge in [-0.25, -0.2) is 0 Å². The van der Waals surface area contributed by atoms with Crippen LogP contribution in [0, 0.1) is 13.8 Å². The highest BCUT2D eigenvalue weighted by molar-refractivity contribution is 5.92. The summed E-state index contributed by atoms with van der Waals surface area (Å²) in [4.78, 5) is 23.0. The van der Waals surface area contributed by atoms with E-state index in [1.807, 2.05) is 32.0 Å². The molecule has 0 fully saturated rings. The molecule has 2 rings (SSSR count). The number of hydrogen-bond donors (Lipinski definition) is 2. The molecule has 0 heterocycles. The molecule has 2 N–H and O–H groups in total. The highest BCUT2D eigenvalue weighted by Crippen LogP contribution is 2.18. The van der Waals surface area contributed by atoms with E-state index in [0.717, 1.165) is 16.8 Å². The first kappa shape index (κ1) is 16.5. The molecule has 0 saturated carbocycles. The SMILES string of the molecule is CC(=O)Nc1cccc(OCC(=O)Nc2cc(C)ccc2C)c1.